The molecule has 12 heteroatoms. The van der Waals surface area contributed by atoms with E-state index in [4.69, 9.17) is 36.3 Å². The fourth-order valence-corrected chi connectivity index (χ4v) is 4.42. The third-order valence-corrected chi connectivity index (χ3v) is 6.33. The summed E-state index contributed by atoms with van der Waals surface area (Å²) in [6, 6.07) is 6.06. The molecule has 0 saturated heterocycles. The van der Waals surface area contributed by atoms with E-state index in [9.17, 15) is 19.2 Å². The van der Waals surface area contributed by atoms with Gasteiger partial charge in [0.05, 0.1) is 44.8 Å². The third kappa shape index (κ3) is 8.87. The highest BCUT2D eigenvalue weighted by atomic mass is 35.5. The van der Waals surface area contributed by atoms with Crippen LogP contribution >= 0.6 is 11.6 Å². The zero-order valence-electron chi connectivity index (χ0n) is 22.7. The van der Waals surface area contributed by atoms with E-state index in [1.54, 1.807) is 45.0 Å². The van der Waals surface area contributed by atoms with Gasteiger partial charge >= 0.3 is 17.9 Å². The molecule has 0 aliphatic carbocycles. The normalized spacial score (nSPS) is 17.6. The van der Waals surface area contributed by atoms with Crippen molar-refractivity contribution in [3.63, 3.8) is 0 Å². The molecule has 1 aliphatic heterocycles. The highest BCUT2D eigenvalue weighted by molar-refractivity contribution is 6.31. The van der Waals surface area contributed by atoms with Crippen molar-refractivity contribution in [3.05, 3.63) is 46.1 Å². The van der Waals surface area contributed by atoms with E-state index in [-0.39, 0.29) is 57.3 Å². The van der Waals surface area contributed by atoms with E-state index in [0.29, 0.717) is 22.0 Å². The van der Waals surface area contributed by atoms with E-state index in [1.165, 1.54) is 7.11 Å². The van der Waals surface area contributed by atoms with Gasteiger partial charge in [0, 0.05) is 29.6 Å². The van der Waals surface area contributed by atoms with Crippen LogP contribution in [0, 0.1) is 5.92 Å². The Labute approximate surface area is 233 Å². The fraction of sp³-hybridized carbons (Fsp3) is 0.519. The van der Waals surface area contributed by atoms with Gasteiger partial charge in [0.25, 0.3) is 0 Å². The number of nitrogens with two attached hydrogens (primary N) is 1. The van der Waals surface area contributed by atoms with Gasteiger partial charge in [-0.3, -0.25) is 19.4 Å². The second kappa shape index (κ2) is 16.0. The Balaban J connectivity index is 2.16. The molecule has 1 aromatic rings. The summed E-state index contributed by atoms with van der Waals surface area (Å²) in [5.41, 5.74) is 7.15. The molecule has 1 aromatic carbocycles. The van der Waals surface area contributed by atoms with Crippen molar-refractivity contribution in [1.82, 2.24) is 5.32 Å². The summed E-state index contributed by atoms with van der Waals surface area (Å²) in [6.45, 7) is 5.57. The van der Waals surface area contributed by atoms with Gasteiger partial charge < -0.3 is 30.0 Å². The molecule has 0 saturated carbocycles. The maximum absolute atomic E-state index is 13.2. The number of rotatable bonds is 14. The van der Waals surface area contributed by atoms with E-state index in [0.717, 1.165) is 0 Å². The van der Waals surface area contributed by atoms with Gasteiger partial charge in [-0.25, -0.2) is 4.79 Å². The van der Waals surface area contributed by atoms with Gasteiger partial charge in [-0.05, 0) is 38.8 Å². The summed E-state index contributed by atoms with van der Waals surface area (Å²) in [5, 5.41) is 3.06. The summed E-state index contributed by atoms with van der Waals surface area (Å²) in [4.78, 5) is 54.1. The zero-order valence-corrected chi connectivity index (χ0v) is 23.4. The van der Waals surface area contributed by atoms with E-state index < -0.39 is 35.8 Å². The molecule has 1 heterocycles. The molecule has 0 fully saturated rings. The largest absolute Gasteiger partial charge is 0.468 e. The molecule has 3 atom stereocenters. The zero-order chi connectivity index (χ0) is 28.9. The smallest absolute Gasteiger partial charge is 0.336 e. The van der Waals surface area contributed by atoms with Crippen LogP contribution in [-0.2, 0) is 38.1 Å². The Morgan fingerprint density at radius 1 is 1.13 bits per heavy atom. The van der Waals surface area contributed by atoms with Crippen LogP contribution in [0.25, 0.3) is 0 Å². The average molecular weight is 566 g/mol. The molecule has 1 amide bonds. The van der Waals surface area contributed by atoms with Crippen molar-refractivity contribution >= 4 is 41.1 Å². The van der Waals surface area contributed by atoms with Crippen LogP contribution in [0.3, 0.4) is 0 Å². The fourth-order valence-electron chi connectivity index (χ4n) is 4.16. The first-order valence-corrected chi connectivity index (χ1v) is 13.1. The predicted molar refractivity (Wildman–Crippen MR) is 144 cm³/mol. The quantitative estimate of drug-likeness (QED) is 0.196. The minimum atomic E-state index is -0.890. The second-order valence-electron chi connectivity index (χ2n) is 8.63. The first-order valence-electron chi connectivity index (χ1n) is 12.7. The van der Waals surface area contributed by atoms with Crippen molar-refractivity contribution in [2.75, 3.05) is 40.1 Å². The number of methoxy groups -OCH3 is 1. The minimum Gasteiger partial charge on any atom is -0.468 e. The van der Waals surface area contributed by atoms with Gasteiger partial charge in [-0.15, -0.1) is 0 Å². The molecule has 1 aliphatic rings. The van der Waals surface area contributed by atoms with Gasteiger partial charge in [-0.2, -0.15) is 0 Å². The van der Waals surface area contributed by atoms with Crippen LogP contribution in [0.1, 0.15) is 45.1 Å². The summed E-state index contributed by atoms with van der Waals surface area (Å²) in [5.74, 6) is -3.74. The maximum atomic E-state index is 13.2. The molecule has 39 heavy (non-hydrogen) atoms. The third-order valence-electron chi connectivity index (χ3n) is 5.99. The van der Waals surface area contributed by atoms with Crippen molar-refractivity contribution in [2.24, 2.45) is 16.6 Å². The molecule has 0 spiro atoms. The van der Waals surface area contributed by atoms with Crippen LogP contribution in [0.15, 0.2) is 40.5 Å². The highest BCUT2D eigenvalue weighted by Crippen LogP contribution is 2.42. The average Bonchev–Trinajstić information content (AvgIpc) is 2.91. The molecule has 3 N–H and O–H groups in total. The van der Waals surface area contributed by atoms with E-state index in [1.807, 2.05) is 0 Å². The summed E-state index contributed by atoms with van der Waals surface area (Å²) in [7, 11) is 1.27. The van der Waals surface area contributed by atoms with Gasteiger partial charge in [0.15, 0.2) is 0 Å². The summed E-state index contributed by atoms with van der Waals surface area (Å²) >= 11 is 6.49. The Morgan fingerprint density at radius 3 is 2.46 bits per heavy atom. The topological polar surface area (TPSA) is 156 Å². The van der Waals surface area contributed by atoms with Crippen LogP contribution in [-0.4, -0.2) is 75.7 Å². The highest BCUT2D eigenvalue weighted by Gasteiger charge is 2.43. The van der Waals surface area contributed by atoms with Crippen molar-refractivity contribution in [3.8, 4) is 0 Å². The summed E-state index contributed by atoms with van der Waals surface area (Å²) in [6.07, 6.45) is 0.205. The van der Waals surface area contributed by atoms with E-state index >= 15 is 0 Å². The molecular weight excluding hydrogens is 530 g/mol. The number of hydrogen-bond acceptors (Lipinski definition) is 10. The number of carbonyl (C=O) groups is 4. The SMILES string of the molecule is CCOC(=O)C1=C(COCCNC(=O)CC[C@H](N)C(=O)OCC)N=C(C)C(C(=O)OC)C1c1ccccc1Cl. The molecule has 214 valence electrons. The first-order chi connectivity index (χ1) is 18.7. The Kier molecular flexibility index (Phi) is 13.1. The monoisotopic (exact) mass is 565 g/mol. The lowest BCUT2D eigenvalue weighted by Crippen LogP contribution is -2.37. The lowest BCUT2D eigenvalue weighted by molar-refractivity contribution is -0.145. The molecule has 2 rings (SSSR count). The predicted octanol–water partition coefficient (Wildman–Crippen LogP) is 2.31. The Hall–Kier alpha value is -3.28. The standard InChI is InChI=1S/C27H36ClN3O8/c1-5-38-25(33)19(29)11-12-21(32)30-13-14-37-15-20-24(27(35)39-6-2)23(17-9-7-8-10-18(17)28)22(16(3)31-20)26(34)36-4/h7-10,19,22-23H,5-6,11-15,29H2,1-4H3,(H,30,32)/t19-,22?,23?/m0/s1. The van der Waals surface area contributed by atoms with Crippen molar-refractivity contribution in [1.29, 1.82) is 0 Å². The maximum Gasteiger partial charge on any atom is 0.336 e. The lowest BCUT2D eigenvalue weighted by atomic mass is 9.75. The number of carbonyl (C=O) groups excluding carboxylic acids is 4. The minimum absolute atomic E-state index is 0.0516. The van der Waals surface area contributed by atoms with Crippen LogP contribution < -0.4 is 11.1 Å². The molecule has 0 radical (unpaired) electrons. The molecule has 0 aromatic heterocycles. The van der Waals surface area contributed by atoms with E-state index in [2.05, 4.69) is 10.3 Å². The van der Waals surface area contributed by atoms with Crippen molar-refractivity contribution < 1.29 is 38.1 Å². The number of aliphatic imine (C=N–C) groups is 1. The Morgan fingerprint density at radius 2 is 1.82 bits per heavy atom. The van der Waals surface area contributed by atoms with Gasteiger partial charge in [0.2, 0.25) is 5.91 Å². The van der Waals surface area contributed by atoms with Gasteiger partial charge in [-0.1, -0.05) is 29.8 Å². The van der Waals surface area contributed by atoms with Crippen LogP contribution in [0.2, 0.25) is 5.02 Å². The molecule has 2 unspecified atom stereocenters. The van der Waals surface area contributed by atoms with Gasteiger partial charge in [0.1, 0.15) is 12.0 Å². The Bertz CT molecular complexity index is 1100. The van der Waals surface area contributed by atoms with Crippen LogP contribution in [0.4, 0.5) is 0 Å². The number of nitrogens with zero attached hydrogens (tertiary/aromatic N) is 1. The number of hydrogen-bond donors (Lipinski definition) is 2. The first kappa shape index (κ1) is 31.9. The number of nitrogens with one attached hydrogen (secondary N) is 1. The lowest BCUT2D eigenvalue weighted by Gasteiger charge is -2.32. The number of esters is 3. The summed E-state index contributed by atoms with van der Waals surface area (Å²) < 4.78 is 20.9. The van der Waals surface area contributed by atoms with Crippen LogP contribution in [0.5, 0.6) is 0 Å². The molecular formula is C27H36ClN3O8. The number of amides is 1. The second-order valence-corrected chi connectivity index (χ2v) is 9.04. The number of ether oxygens (including phenoxy) is 4. The molecule has 0 bridgehead atoms. The molecule has 11 nitrogen and oxygen atoms in total. The number of benzene rings is 1. The number of halogens is 1. The van der Waals surface area contributed by atoms with Crippen molar-refractivity contribution in [2.45, 2.75) is 45.6 Å².